The van der Waals surface area contributed by atoms with Crippen molar-refractivity contribution >= 4 is 11.8 Å². The molecule has 2 bridgehead atoms. The third-order valence-corrected chi connectivity index (χ3v) is 3.60. The molecule has 0 amide bonds. The predicted molar refractivity (Wildman–Crippen MR) is 42.8 cm³/mol. The first-order valence-corrected chi connectivity index (χ1v) is 4.73. The number of hydrogen-bond acceptors (Lipinski definition) is 1. The van der Waals surface area contributed by atoms with E-state index in [2.05, 4.69) is 23.9 Å². The van der Waals surface area contributed by atoms with Crippen molar-refractivity contribution in [3.05, 3.63) is 12.2 Å². The first kappa shape index (κ1) is 5.84. The smallest absolute Gasteiger partial charge is 0.0233 e. The topological polar surface area (TPSA) is 0 Å². The van der Waals surface area contributed by atoms with Gasteiger partial charge in [0.25, 0.3) is 0 Å². The highest BCUT2D eigenvalue weighted by Crippen LogP contribution is 2.36. The van der Waals surface area contributed by atoms with Crippen LogP contribution in [-0.4, -0.2) is 10.5 Å². The van der Waals surface area contributed by atoms with Gasteiger partial charge in [-0.15, -0.1) is 11.8 Å². The fourth-order valence-electron chi connectivity index (χ4n) is 1.58. The maximum absolute atomic E-state index is 2.40. The highest BCUT2D eigenvalue weighted by molar-refractivity contribution is 8.01. The molecule has 0 nitrogen and oxygen atoms in total. The zero-order chi connectivity index (χ0) is 6.10. The van der Waals surface area contributed by atoms with Crippen LogP contribution in [0.4, 0.5) is 0 Å². The summed E-state index contributed by atoms with van der Waals surface area (Å²) < 4.78 is 0. The lowest BCUT2D eigenvalue weighted by Crippen LogP contribution is -1.92. The Morgan fingerprint density at radius 1 is 1.00 bits per heavy atom. The van der Waals surface area contributed by atoms with Crippen LogP contribution in [0.15, 0.2) is 12.2 Å². The third-order valence-electron chi connectivity index (χ3n) is 2.12. The first-order valence-electron chi connectivity index (χ1n) is 3.79. The van der Waals surface area contributed by atoms with Gasteiger partial charge < -0.3 is 0 Å². The zero-order valence-electron chi connectivity index (χ0n) is 5.55. The van der Waals surface area contributed by atoms with Crippen molar-refractivity contribution in [3.63, 3.8) is 0 Å². The minimum atomic E-state index is 0.887. The number of thioether (sulfide) groups is 1. The van der Waals surface area contributed by atoms with Crippen LogP contribution in [0.2, 0.25) is 0 Å². The van der Waals surface area contributed by atoms with E-state index in [9.17, 15) is 0 Å². The van der Waals surface area contributed by atoms with Gasteiger partial charge in [-0.05, 0) is 12.8 Å². The van der Waals surface area contributed by atoms with Gasteiger partial charge in [-0.1, -0.05) is 25.0 Å². The van der Waals surface area contributed by atoms with Crippen LogP contribution in [0, 0.1) is 0 Å². The third kappa shape index (κ3) is 1.16. The molecule has 2 aliphatic rings. The average Bonchev–Trinajstić information content (AvgIpc) is 2.09. The quantitative estimate of drug-likeness (QED) is 0.466. The summed E-state index contributed by atoms with van der Waals surface area (Å²) >= 11 is 2.16. The van der Waals surface area contributed by atoms with Gasteiger partial charge >= 0.3 is 0 Å². The van der Waals surface area contributed by atoms with Crippen LogP contribution in [0.25, 0.3) is 0 Å². The standard InChI is InChI=1S/C8H12S/c1-2-4-8-6-5-7(3-1)9-8/h5-8H,1-4H2. The zero-order valence-corrected chi connectivity index (χ0v) is 6.36. The highest BCUT2D eigenvalue weighted by Gasteiger charge is 2.21. The Hall–Kier alpha value is 0.0900. The molecule has 0 aromatic carbocycles. The molecule has 0 saturated carbocycles. The normalized spacial score (nSPS) is 40.9. The van der Waals surface area contributed by atoms with E-state index < -0.39 is 0 Å². The molecule has 1 fully saturated rings. The maximum atomic E-state index is 2.40. The van der Waals surface area contributed by atoms with Crippen molar-refractivity contribution < 1.29 is 0 Å². The fourth-order valence-corrected chi connectivity index (χ4v) is 3.00. The molecular weight excluding hydrogens is 128 g/mol. The maximum Gasteiger partial charge on any atom is 0.0233 e. The van der Waals surface area contributed by atoms with Gasteiger partial charge in [0.2, 0.25) is 0 Å². The van der Waals surface area contributed by atoms with Gasteiger partial charge in [-0.3, -0.25) is 0 Å². The molecule has 2 aliphatic heterocycles. The van der Waals surface area contributed by atoms with E-state index in [-0.39, 0.29) is 0 Å². The highest BCUT2D eigenvalue weighted by atomic mass is 32.2. The van der Waals surface area contributed by atoms with Gasteiger partial charge in [0, 0.05) is 10.5 Å². The second-order valence-corrected chi connectivity index (χ2v) is 4.37. The van der Waals surface area contributed by atoms with E-state index >= 15 is 0 Å². The molecule has 9 heavy (non-hydrogen) atoms. The molecule has 0 N–H and O–H groups in total. The van der Waals surface area contributed by atoms with Crippen LogP contribution in [-0.2, 0) is 0 Å². The summed E-state index contributed by atoms with van der Waals surface area (Å²) in [5, 5.41) is 1.77. The van der Waals surface area contributed by atoms with Crippen LogP contribution in [0.5, 0.6) is 0 Å². The Morgan fingerprint density at radius 2 is 1.56 bits per heavy atom. The lowest BCUT2D eigenvalue weighted by atomic mass is 10.1. The molecule has 2 rings (SSSR count). The SMILES string of the molecule is C1=CC2CCCCC1S2. The molecule has 2 unspecified atom stereocenters. The van der Waals surface area contributed by atoms with Crippen molar-refractivity contribution in [1.82, 2.24) is 0 Å². The number of hydrogen-bond donors (Lipinski definition) is 0. The summed E-state index contributed by atoms with van der Waals surface area (Å²) in [6.45, 7) is 0. The predicted octanol–water partition coefficient (Wildman–Crippen LogP) is 2.60. The molecule has 50 valence electrons. The molecular formula is C8H12S. The molecule has 1 heteroatoms. The van der Waals surface area contributed by atoms with Crippen molar-refractivity contribution in [1.29, 1.82) is 0 Å². The molecule has 0 spiro atoms. The van der Waals surface area contributed by atoms with E-state index in [1.807, 2.05) is 0 Å². The van der Waals surface area contributed by atoms with Gasteiger partial charge in [0.15, 0.2) is 0 Å². The van der Waals surface area contributed by atoms with Crippen LogP contribution in [0.3, 0.4) is 0 Å². The molecule has 2 atom stereocenters. The monoisotopic (exact) mass is 140 g/mol. The number of fused-ring (bicyclic) bond motifs is 2. The molecule has 0 aromatic heterocycles. The molecule has 1 saturated heterocycles. The van der Waals surface area contributed by atoms with Gasteiger partial charge in [-0.25, -0.2) is 0 Å². The Balaban J connectivity index is 2.08. The average molecular weight is 140 g/mol. The molecule has 0 aromatic rings. The van der Waals surface area contributed by atoms with Crippen molar-refractivity contribution in [3.8, 4) is 0 Å². The second-order valence-electron chi connectivity index (χ2n) is 2.88. The molecule has 0 radical (unpaired) electrons. The van der Waals surface area contributed by atoms with E-state index in [4.69, 9.17) is 0 Å². The molecule has 2 heterocycles. The Morgan fingerprint density at radius 3 is 2.11 bits per heavy atom. The van der Waals surface area contributed by atoms with Crippen molar-refractivity contribution in [2.75, 3.05) is 0 Å². The summed E-state index contributed by atoms with van der Waals surface area (Å²) in [5.41, 5.74) is 0. The first-order chi connectivity index (χ1) is 4.45. The van der Waals surface area contributed by atoms with Crippen LogP contribution < -0.4 is 0 Å². The van der Waals surface area contributed by atoms with Gasteiger partial charge in [0.05, 0.1) is 0 Å². The second kappa shape index (κ2) is 2.37. The lowest BCUT2D eigenvalue weighted by molar-refractivity contribution is 0.673. The largest absolute Gasteiger partial charge is 0.147 e. The summed E-state index contributed by atoms with van der Waals surface area (Å²) in [6, 6.07) is 0. The number of rotatable bonds is 0. The van der Waals surface area contributed by atoms with Gasteiger partial charge in [-0.2, -0.15) is 0 Å². The van der Waals surface area contributed by atoms with Crippen molar-refractivity contribution in [2.45, 2.75) is 36.2 Å². The summed E-state index contributed by atoms with van der Waals surface area (Å²) in [6.07, 6.45) is 10.6. The minimum absolute atomic E-state index is 0.887. The Labute approximate surface area is 60.7 Å². The van der Waals surface area contributed by atoms with Crippen LogP contribution >= 0.6 is 11.8 Å². The van der Waals surface area contributed by atoms with Gasteiger partial charge in [0.1, 0.15) is 0 Å². The fraction of sp³-hybridized carbons (Fsp3) is 0.750. The van der Waals surface area contributed by atoms with E-state index in [0.29, 0.717) is 0 Å². The van der Waals surface area contributed by atoms with E-state index in [1.54, 1.807) is 0 Å². The lowest BCUT2D eigenvalue weighted by Gasteiger charge is -2.02. The summed E-state index contributed by atoms with van der Waals surface area (Å²) in [5.74, 6) is 0. The Bertz CT molecular complexity index is 115. The molecule has 0 aliphatic carbocycles. The van der Waals surface area contributed by atoms with Crippen LogP contribution in [0.1, 0.15) is 25.7 Å². The Kier molecular flexibility index (Phi) is 1.54. The van der Waals surface area contributed by atoms with Crippen molar-refractivity contribution in [2.24, 2.45) is 0 Å². The summed E-state index contributed by atoms with van der Waals surface area (Å²) in [7, 11) is 0. The van der Waals surface area contributed by atoms with E-state index in [1.165, 1.54) is 25.7 Å². The summed E-state index contributed by atoms with van der Waals surface area (Å²) in [4.78, 5) is 0. The van der Waals surface area contributed by atoms with E-state index in [0.717, 1.165) is 10.5 Å². The minimum Gasteiger partial charge on any atom is -0.147 e.